The second kappa shape index (κ2) is 7.92. The first-order valence-corrected chi connectivity index (χ1v) is 3.76. The summed E-state index contributed by atoms with van der Waals surface area (Å²) in [6, 6.07) is 0. The lowest BCUT2D eigenvalue weighted by molar-refractivity contribution is 0.0395. The Kier molecular flexibility index (Phi) is 7.85. The van der Waals surface area contributed by atoms with Crippen LogP contribution in [0.1, 0.15) is 33.1 Å². The van der Waals surface area contributed by atoms with Crippen LogP contribution in [0.5, 0.6) is 0 Å². The molecule has 0 aliphatic rings. The van der Waals surface area contributed by atoms with E-state index in [-0.39, 0.29) is 0 Å². The van der Waals surface area contributed by atoms with Crippen LogP contribution in [-0.2, 0) is 4.84 Å². The van der Waals surface area contributed by atoms with Crippen molar-refractivity contribution in [1.82, 2.24) is 5.48 Å². The van der Waals surface area contributed by atoms with Gasteiger partial charge in [0.25, 0.3) is 0 Å². The fourth-order valence-electron chi connectivity index (χ4n) is 0.463. The lowest BCUT2D eigenvalue weighted by Crippen LogP contribution is -2.15. The van der Waals surface area contributed by atoms with E-state index in [4.69, 9.17) is 4.84 Å². The highest BCUT2D eigenvalue weighted by atomic mass is 16.6. The molecule has 1 N–H and O–H groups in total. The summed E-state index contributed by atoms with van der Waals surface area (Å²) < 4.78 is 0. The van der Waals surface area contributed by atoms with Crippen molar-refractivity contribution in [3.63, 3.8) is 0 Å². The van der Waals surface area contributed by atoms with Crippen LogP contribution in [-0.4, -0.2) is 13.2 Å². The first-order chi connectivity index (χ1) is 4.41. The van der Waals surface area contributed by atoms with Gasteiger partial charge in [0, 0.05) is 6.54 Å². The topological polar surface area (TPSA) is 21.3 Å². The fourth-order valence-corrected chi connectivity index (χ4v) is 0.463. The molecule has 0 atom stereocenters. The Morgan fingerprint density at radius 3 is 2.56 bits per heavy atom. The molecule has 2 heteroatoms. The van der Waals surface area contributed by atoms with Gasteiger partial charge in [0.2, 0.25) is 0 Å². The van der Waals surface area contributed by atoms with Crippen molar-refractivity contribution in [3.8, 4) is 0 Å². The van der Waals surface area contributed by atoms with Gasteiger partial charge in [-0.1, -0.05) is 20.3 Å². The summed E-state index contributed by atoms with van der Waals surface area (Å²) in [5.41, 5.74) is 2.87. The first kappa shape index (κ1) is 8.92. The predicted octanol–water partition coefficient (Wildman–Crippen LogP) is 1.72. The van der Waals surface area contributed by atoms with Gasteiger partial charge in [0.1, 0.15) is 0 Å². The van der Waals surface area contributed by atoms with Crippen LogP contribution >= 0.6 is 0 Å². The van der Waals surface area contributed by atoms with Gasteiger partial charge in [0.05, 0.1) is 6.61 Å². The summed E-state index contributed by atoms with van der Waals surface area (Å²) in [5.74, 6) is 0. The van der Waals surface area contributed by atoms with E-state index in [1.807, 2.05) is 0 Å². The average Bonchev–Trinajstić information content (AvgIpc) is 1.89. The van der Waals surface area contributed by atoms with Crippen molar-refractivity contribution in [3.05, 3.63) is 0 Å². The molecule has 0 aromatic carbocycles. The number of nitrogens with one attached hydrogen (secondary N) is 1. The van der Waals surface area contributed by atoms with Crippen molar-refractivity contribution in [2.45, 2.75) is 33.1 Å². The number of rotatable bonds is 6. The molecule has 0 amide bonds. The van der Waals surface area contributed by atoms with E-state index in [2.05, 4.69) is 19.3 Å². The Balaban J connectivity index is 2.60. The van der Waals surface area contributed by atoms with E-state index >= 15 is 0 Å². The lowest BCUT2D eigenvalue weighted by atomic mass is 10.4. The van der Waals surface area contributed by atoms with Crippen LogP contribution in [0.2, 0.25) is 0 Å². The largest absolute Gasteiger partial charge is 0.302 e. The number of unbranched alkanes of at least 4 members (excludes halogenated alkanes) is 1. The van der Waals surface area contributed by atoms with Gasteiger partial charge >= 0.3 is 0 Å². The molecule has 0 aliphatic heterocycles. The van der Waals surface area contributed by atoms with E-state index in [9.17, 15) is 0 Å². The quantitative estimate of drug-likeness (QED) is 0.437. The van der Waals surface area contributed by atoms with E-state index in [1.54, 1.807) is 0 Å². The van der Waals surface area contributed by atoms with Crippen molar-refractivity contribution in [1.29, 1.82) is 0 Å². The molecule has 0 aromatic rings. The highest BCUT2D eigenvalue weighted by Gasteiger charge is 1.82. The molecule has 2 nitrogen and oxygen atoms in total. The van der Waals surface area contributed by atoms with Crippen molar-refractivity contribution < 1.29 is 4.84 Å². The fraction of sp³-hybridized carbons (Fsp3) is 1.00. The molecule has 0 aliphatic carbocycles. The summed E-state index contributed by atoms with van der Waals surface area (Å²) in [6.07, 6.45) is 3.48. The number of hydroxylamine groups is 1. The van der Waals surface area contributed by atoms with Gasteiger partial charge in [0.15, 0.2) is 0 Å². The van der Waals surface area contributed by atoms with E-state index < -0.39 is 0 Å². The van der Waals surface area contributed by atoms with Crippen molar-refractivity contribution in [2.24, 2.45) is 0 Å². The minimum atomic E-state index is 0.844. The Morgan fingerprint density at radius 2 is 2.00 bits per heavy atom. The third-order valence-corrected chi connectivity index (χ3v) is 1.05. The molecule has 0 radical (unpaired) electrons. The molecular formula is C7H17NO. The maximum Gasteiger partial charge on any atom is 0.0682 e. The Hall–Kier alpha value is -0.0800. The number of hydrogen-bond donors (Lipinski definition) is 1. The summed E-state index contributed by atoms with van der Waals surface area (Å²) in [7, 11) is 0. The van der Waals surface area contributed by atoms with Gasteiger partial charge in [-0.3, -0.25) is 0 Å². The smallest absolute Gasteiger partial charge is 0.0682 e. The van der Waals surface area contributed by atoms with Crippen molar-refractivity contribution >= 4 is 0 Å². The highest BCUT2D eigenvalue weighted by Crippen LogP contribution is 1.84. The maximum atomic E-state index is 5.06. The maximum absolute atomic E-state index is 5.06. The zero-order valence-corrected chi connectivity index (χ0v) is 6.44. The minimum Gasteiger partial charge on any atom is -0.302 e. The highest BCUT2D eigenvalue weighted by molar-refractivity contribution is 4.30. The van der Waals surface area contributed by atoms with E-state index in [0.717, 1.165) is 26.0 Å². The van der Waals surface area contributed by atoms with Crippen LogP contribution < -0.4 is 5.48 Å². The molecule has 0 saturated heterocycles. The van der Waals surface area contributed by atoms with Crippen LogP contribution in [0.15, 0.2) is 0 Å². The molecule has 0 saturated carbocycles. The molecule has 0 rings (SSSR count). The summed E-state index contributed by atoms with van der Waals surface area (Å²) in [5, 5.41) is 0. The molecule has 0 fully saturated rings. The Bertz CT molecular complexity index is 42.2. The molecule has 0 aromatic heterocycles. The molecular weight excluding hydrogens is 114 g/mol. The van der Waals surface area contributed by atoms with Crippen LogP contribution in [0.3, 0.4) is 0 Å². The SMILES string of the molecule is CCCCONCCC. The second-order valence-corrected chi connectivity index (χ2v) is 2.10. The van der Waals surface area contributed by atoms with Crippen LogP contribution in [0.25, 0.3) is 0 Å². The Morgan fingerprint density at radius 1 is 1.22 bits per heavy atom. The third-order valence-electron chi connectivity index (χ3n) is 1.05. The molecule has 9 heavy (non-hydrogen) atoms. The molecule has 0 heterocycles. The van der Waals surface area contributed by atoms with E-state index in [1.165, 1.54) is 6.42 Å². The third kappa shape index (κ3) is 7.92. The zero-order valence-electron chi connectivity index (χ0n) is 6.44. The molecule has 0 spiro atoms. The van der Waals surface area contributed by atoms with Gasteiger partial charge in [-0.05, 0) is 12.8 Å². The first-order valence-electron chi connectivity index (χ1n) is 3.76. The molecule has 0 unspecified atom stereocenters. The monoisotopic (exact) mass is 131 g/mol. The number of hydrogen-bond acceptors (Lipinski definition) is 2. The second-order valence-electron chi connectivity index (χ2n) is 2.10. The van der Waals surface area contributed by atoms with Gasteiger partial charge in [-0.25, -0.2) is 5.48 Å². The minimum absolute atomic E-state index is 0.844. The van der Waals surface area contributed by atoms with Crippen LogP contribution in [0, 0.1) is 0 Å². The molecule has 56 valence electrons. The van der Waals surface area contributed by atoms with Crippen molar-refractivity contribution in [2.75, 3.05) is 13.2 Å². The normalized spacial score (nSPS) is 10.0. The van der Waals surface area contributed by atoms with Gasteiger partial charge < -0.3 is 4.84 Å². The summed E-state index contributed by atoms with van der Waals surface area (Å²) >= 11 is 0. The average molecular weight is 131 g/mol. The van der Waals surface area contributed by atoms with Crippen LogP contribution in [0.4, 0.5) is 0 Å². The predicted molar refractivity (Wildman–Crippen MR) is 39.2 cm³/mol. The zero-order chi connectivity index (χ0) is 6.95. The van der Waals surface area contributed by atoms with Gasteiger partial charge in [-0.2, -0.15) is 0 Å². The molecule has 0 bridgehead atoms. The summed E-state index contributed by atoms with van der Waals surface area (Å²) in [4.78, 5) is 5.06. The van der Waals surface area contributed by atoms with E-state index in [0.29, 0.717) is 0 Å². The lowest BCUT2D eigenvalue weighted by Gasteiger charge is -2.01. The summed E-state index contributed by atoms with van der Waals surface area (Å²) in [6.45, 7) is 6.08. The van der Waals surface area contributed by atoms with Gasteiger partial charge in [-0.15, -0.1) is 0 Å². The standard InChI is InChI=1S/C7H17NO/c1-3-5-7-9-8-6-4-2/h8H,3-7H2,1-2H3. The Labute approximate surface area is 57.5 Å².